The fraction of sp³-hybridized carbons (Fsp3) is 0. The van der Waals surface area contributed by atoms with Crippen molar-refractivity contribution in [1.82, 2.24) is 4.98 Å². The highest BCUT2D eigenvalue weighted by Gasteiger charge is 2.16. The lowest BCUT2D eigenvalue weighted by Gasteiger charge is -2.06. The van der Waals surface area contributed by atoms with E-state index in [0.717, 1.165) is 3.57 Å². The summed E-state index contributed by atoms with van der Waals surface area (Å²) in [7, 11) is 0. The van der Waals surface area contributed by atoms with E-state index >= 15 is 0 Å². The maximum Gasteiger partial charge on any atom is 0.305 e. The van der Waals surface area contributed by atoms with Crippen LogP contribution in [0, 0.1) is 25.0 Å². The zero-order valence-electron chi connectivity index (χ0n) is 9.41. The van der Waals surface area contributed by atoms with Crippen LogP contribution in [-0.4, -0.2) is 9.91 Å². The van der Waals surface area contributed by atoms with Crippen molar-refractivity contribution in [2.24, 2.45) is 0 Å². The molecular weight excluding hydrogens is 361 g/mol. The minimum absolute atomic E-state index is 0.145. The van der Waals surface area contributed by atoms with Gasteiger partial charge in [0.1, 0.15) is 11.8 Å². The highest BCUT2D eigenvalue weighted by molar-refractivity contribution is 14.1. The first-order valence-electron chi connectivity index (χ1n) is 5.09. The Morgan fingerprint density at radius 1 is 1.32 bits per heavy atom. The molecule has 0 aliphatic heterocycles. The summed E-state index contributed by atoms with van der Waals surface area (Å²) in [5.74, 6) is 0.722. The number of nitriles is 1. The van der Waals surface area contributed by atoms with E-state index in [-0.39, 0.29) is 17.3 Å². The number of ether oxygens (including phenoxy) is 1. The number of pyridine rings is 1. The van der Waals surface area contributed by atoms with Gasteiger partial charge in [0.15, 0.2) is 0 Å². The van der Waals surface area contributed by atoms with E-state index in [2.05, 4.69) is 27.6 Å². The summed E-state index contributed by atoms with van der Waals surface area (Å²) in [6.45, 7) is 0. The maximum atomic E-state index is 10.7. The number of halogens is 1. The van der Waals surface area contributed by atoms with E-state index < -0.39 is 4.92 Å². The van der Waals surface area contributed by atoms with Gasteiger partial charge in [0.2, 0.25) is 11.6 Å². The zero-order chi connectivity index (χ0) is 13.8. The fourth-order valence-electron chi connectivity index (χ4n) is 1.36. The first-order chi connectivity index (χ1) is 9.11. The molecule has 0 radical (unpaired) electrons. The van der Waals surface area contributed by atoms with Crippen molar-refractivity contribution in [1.29, 1.82) is 5.26 Å². The van der Waals surface area contributed by atoms with Gasteiger partial charge in [-0.15, -0.1) is 0 Å². The van der Waals surface area contributed by atoms with Crippen molar-refractivity contribution in [2.75, 3.05) is 0 Å². The molecule has 1 heterocycles. The Bertz CT molecular complexity index is 682. The number of para-hydroxylation sites is 1. The summed E-state index contributed by atoms with van der Waals surface area (Å²) in [5, 5.41) is 19.5. The number of hydrogen-bond donors (Lipinski definition) is 0. The van der Waals surface area contributed by atoms with Gasteiger partial charge in [0, 0.05) is 12.1 Å². The number of aromatic nitrogens is 1. The first kappa shape index (κ1) is 13.2. The van der Waals surface area contributed by atoms with E-state index in [4.69, 9.17) is 10.00 Å². The highest BCUT2D eigenvalue weighted by Crippen LogP contribution is 2.27. The number of rotatable bonds is 3. The molecule has 1 aromatic carbocycles. The summed E-state index contributed by atoms with van der Waals surface area (Å²) in [6.07, 6.45) is 0. The smallest absolute Gasteiger partial charge is 0.305 e. The zero-order valence-corrected chi connectivity index (χ0v) is 11.6. The van der Waals surface area contributed by atoms with Crippen LogP contribution in [0.3, 0.4) is 0 Å². The van der Waals surface area contributed by atoms with Gasteiger partial charge in [-0.1, -0.05) is 12.1 Å². The lowest BCUT2D eigenvalue weighted by Crippen LogP contribution is -1.97. The second-order valence-corrected chi connectivity index (χ2v) is 4.58. The van der Waals surface area contributed by atoms with Gasteiger partial charge < -0.3 is 4.74 Å². The van der Waals surface area contributed by atoms with Gasteiger partial charge in [0.25, 0.3) is 0 Å². The van der Waals surface area contributed by atoms with Crippen LogP contribution in [0.5, 0.6) is 11.6 Å². The molecule has 6 nitrogen and oxygen atoms in total. The van der Waals surface area contributed by atoms with Crippen LogP contribution >= 0.6 is 22.6 Å². The molecule has 0 saturated carbocycles. The Labute approximate surface area is 121 Å². The Morgan fingerprint density at radius 2 is 2.05 bits per heavy atom. The molecule has 7 heteroatoms. The Hall–Kier alpha value is -2.21. The predicted octanol–water partition coefficient (Wildman–Crippen LogP) is 3.26. The fourth-order valence-corrected chi connectivity index (χ4v) is 1.86. The molecule has 0 amide bonds. The molecule has 0 fully saturated rings. The normalized spacial score (nSPS) is 9.68. The van der Waals surface area contributed by atoms with Gasteiger partial charge in [-0.05, 0) is 34.7 Å². The molecule has 0 N–H and O–H groups in total. The minimum atomic E-state index is -0.651. The third kappa shape index (κ3) is 2.97. The Kier molecular flexibility index (Phi) is 3.91. The second-order valence-electron chi connectivity index (χ2n) is 3.42. The summed E-state index contributed by atoms with van der Waals surface area (Å²) in [4.78, 5) is 13.8. The van der Waals surface area contributed by atoms with E-state index in [1.165, 1.54) is 12.1 Å². The molecule has 0 bridgehead atoms. The molecule has 94 valence electrons. The third-order valence-corrected chi connectivity index (χ3v) is 3.09. The van der Waals surface area contributed by atoms with Gasteiger partial charge in [-0.3, -0.25) is 10.1 Å². The molecule has 0 unspecified atom stereocenters. The van der Waals surface area contributed by atoms with Crippen LogP contribution < -0.4 is 4.74 Å². The van der Waals surface area contributed by atoms with Gasteiger partial charge >= 0.3 is 5.69 Å². The van der Waals surface area contributed by atoms with Crippen LogP contribution in [0.1, 0.15) is 5.69 Å². The molecular formula is C12H6IN3O3. The van der Waals surface area contributed by atoms with E-state index in [0.29, 0.717) is 5.75 Å². The number of benzene rings is 1. The SMILES string of the molecule is N#Cc1nc(Oc2ccccc2I)ccc1[N+](=O)[O-]. The van der Waals surface area contributed by atoms with Crippen LogP contribution in [0.4, 0.5) is 5.69 Å². The quantitative estimate of drug-likeness (QED) is 0.472. The van der Waals surface area contributed by atoms with Crippen LogP contribution in [0.25, 0.3) is 0 Å². The molecule has 1 aromatic heterocycles. The van der Waals surface area contributed by atoms with E-state index in [1.54, 1.807) is 18.2 Å². The largest absolute Gasteiger partial charge is 0.438 e. The van der Waals surface area contributed by atoms with Crippen molar-refractivity contribution in [3.63, 3.8) is 0 Å². The van der Waals surface area contributed by atoms with Crippen LogP contribution in [-0.2, 0) is 0 Å². The topological polar surface area (TPSA) is 89.0 Å². The standard InChI is InChI=1S/C12H6IN3O3/c13-8-3-1-2-4-11(8)19-12-6-5-10(16(17)18)9(7-14)15-12/h1-6H. The summed E-state index contributed by atoms with van der Waals surface area (Å²) in [6, 6.07) is 11.5. The van der Waals surface area contributed by atoms with Crippen LogP contribution in [0.15, 0.2) is 36.4 Å². The van der Waals surface area contributed by atoms with Crippen molar-refractivity contribution in [3.8, 4) is 17.7 Å². The second kappa shape index (κ2) is 5.62. The van der Waals surface area contributed by atoms with Crippen molar-refractivity contribution in [2.45, 2.75) is 0 Å². The predicted molar refractivity (Wildman–Crippen MR) is 74.8 cm³/mol. The summed E-state index contributed by atoms with van der Waals surface area (Å²) >= 11 is 2.10. The van der Waals surface area contributed by atoms with Gasteiger partial charge in [0.05, 0.1) is 8.49 Å². The molecule has 0 atom stereocenters. The third-order valence-electron chi connectivity index (χ3n) is 2.20. The highest BCUT2D eigenvalue weighted by atomic mass is 127. The van der Waals surface area contributed by atoms with Crippen molar-refractivity contribution in [3.05, 3.63) is 55.8 Å². The monoisotopic (exact) mass is 367 g/mol. The van der Waals surface area contributed by atoms with Crippen LogP contribution in [0.2, 0.25) is 0 Å². The van der Waals surface area contributed by atoms with E-state index in [1.807, 2.05) is 12.1 Å². The van der Waals surface area contributed by atoms with Gasteiger partial charge in [-0.2, -0.15) is 10.2 Å². The lowest BCUT2D eigenvalue weighted by atomic mass is 10.3. The number of nitro groups is 1. The maximum absolute atomic E-state index is 10.7. The molecule has 19 heavy (non-hydrogen) atoms. The lowest BCUT2D eigenvalue weighted by molar-refractivity contribution is -0.385. The molecule has 2 aromatic rings. The molecule has 0 aliphatic carbocycles. The molecule has 0 saturated heterocycles. The van der Waals surface area contributed by atoms with Gasteiger partial charge in [-0.25, -0.2) is 0 Å². The Morgan fingerprint density at radius 3 is 2.68 bits per heavy atom. The minimum Gasteiger partial charge on any atom is -0.438 e. The summed E-state index contributed by atoms with van der Waals surface area (Å²) in [5.41, 5.74) is -0.606. The molecule has 0 aliphatic rings. The van der Waals surface area contributed by atoms with Crippen molar-refractivity contribution >= 4 is 28.3 Å². The summed E-state index contributed by atoms with van der Waals surface area (Å²) < 4.78 is 6.37. The molecule has 2 rings (SSSR count). The Balaban J connectivity index is 2.36. The number of hydrogen-bond acceptors (Lipinski definition) is 5. The van der Waals surface area contributed by atoms with E-state index in [9.17, 15) is 10.1 Å². The number of nitrogens with zero attached hydrogens (tertiary/aromatic N) is 3. The average molecular weight is 367 g/mol. The first-order valence-corrected chi connectivity index (χ1v) is 6.17. The van der Waals surface area contributed by atoms with Crippen molar-refractivity contribution < 1.29 is 9.66 Å². The molecule has 0 spiro atoms. The average Bonchev–Trinajstić information content (AvgIpc) is 2.41.